The number of carbonyl (C=O) groups excluding carboxylic acids is 4. The van der Waals surface area contributed by atoms with Crippen molar-refractivity contribution in [2.75, 3.05) is 6.61 Å². The number of hydrogen-bond donors (Lipinski definition) is 6. The Labute approximate surface area is 355 Å². The second-order valence-corrected chi connectivity index (χ2v) is 16.1. The number of fused-ring (bicyclic) bond motifs is 1. The zero-order valence-corrected chi connectivity index (χ0v) is 35.1. The van der Waals surface area contributed by atoms with Gasteiger partial charge in [0.2, 0.25) is 17.7 Å². The van der Waals surface area contributed by atoms with E-state index in [0.717, 1.165) is 27.6 Å². The van der Waals surface area contributed by atoms with Gasteiger partial charge in [-0.2, -0.15) is 0 Å². The van der Waals surface area contributed by atoms with E-state index < -0.39 is 65.5 Å². The first-order chi connectivity index (χ1) is 29.1. The van der Waals surface area contributed by atoms with Crippen molar-refractivity contribution in [3.8, 4) is 5.75 Å². The van der Waals surface area contributed by atoms with Gasteiger partial charge in [0.25, 0.3) is 0 Å². The van der Waals surface area contributed by atoms with E-state index in [2.05, 4.69) is 26.3 Å². The van der Waals surface area contributed by atoms with E-state index in [0.29, 0.717) is 17.9 Å². The van der Waals surface area contributed by atoms with Crippen LogP contribution >= 0.6 is 0 Å². The molecule has 0 aliphatic rings. The van der Waals surface area contributed by atoms with Gasteiger partial charge in [-0.1, -0.05) is 105 Å². The number of ether oxygens (including phenoxy) is 3. The second-order valence-electron chi connectivity index (χ2n) is 16.1. The summed E-state index contributed by atoms with van der Waals surface area (Å²) in [6.07, 6.45) is 0.924. The molecule has 5 aromatic rings. The molecule has 322 valence electrons. The van der Waals surface area contributed by atoms with Gasteiger partial charge >= 0.3 is 12.1 Å². The minimum atomic E-state index is -1.37. The molecule has 1 heterocycles. The van der Waals surface area contributed by atoms with Crippen molar-refractivity contribution >= 4 is 40.7 Å². The van der Waals surface area contributed by atoms with E-state index in [1.807, 2.05) is 84.9 Å². The molecule has 4 atom stereocenters. The monoisotopic (exact) mass is 833 g/mol. The lowest BCUT2D eigenvalue weighted by atomic mass is 10.0. The van der Waals surface area contributed by atoms with Gasteiger partial charge in [0.05, 0.1) is 13.2 Å². The summed E-state index contributed by atoms with van der Waals surface area (Å²) in [5, 5.41) is 21.5. The number of amides is 4. The molecule has 0 unspecified atom stereocenters. The molecule has 0 spiro atoms. The Kier molecular flexibility index (Phi) is 16.0. The first-order valence-corrected chi connectivity index (χ1v) is 20.2. The summed E-state index contributed by atoms with van der Waals surface area (Å²) in [6, 6.07) is 28.3. The summed E-state index contributed by atoms with van der Waals surface area (Å²) in [7, 11) is 0. The minimum absolute atomic E-state index is 0.0318. The predicted molar refractivity (Wildman–Crippen MR) is 230 cm³/mol. The Balaban J connectivity index is 1.40. The van der Waals surface area contributed by atoms with Crippen LogP contribution in [0, 0.1) is 5.92 Å². The fourth-order valence-electron chi connectivity index (χ4n) is 6.45. The molecule has 0 aliphatic heterocycles. The summed E-state index contributed by atoms with van der Waals surface area (Å²) in [5.41, 5.74) is 3.16. The van der Waals surface area contributed by atoms with E-state index in [1.165, 1.54) is 0 Å². The normalized spacial score (nSPS) is 13.3. The van der Waals surface area contributed by atoms with Gasteiger partial charge in [-0.3, -0.25) is 14.4 Å². The first kappa shape index (κ1) is 45.4. The van der Waals surface area contributed by atoms with Crippen molar-refractivity contribution in [2.45, 2.75) is 90.4 Å². The fraction of sp³-hybridized carbons (Fsp3) is 0.340. The Hall–Kier alpha value is -6.67. The highest BCUT2D eigenvalue weighted by atomic mass is 16.6. The van der Waals surface area contributed by atoms with E-state index >= 15 is 0 Å². The van der Waals surface area contributed by atoms with Crippen LogP contribution in [-0.4, -0.2) is 76.2 Å². The topological polar surface area (TPSA) is 197 Å². The van der Waals surface area contributed by atoms with Crippen LogP contribution in [0.1, 0.15) is 56.9 Å². The number of benzene rings is 4. The smallest absolute Gasteiger partial charge is 0.408 e. The standard InChI is InChI=1S/C47H55N5O9/c1-30(2)41(45(56)57)52-43(54)38(24-31-20-22-35(23-21-31)60-28-33-16-10-7-11-17-33)49-44(55)40(29-59-27-32-14-8-6-9-15-32)50-42(53)39(51-46(58)61-47(3,4)5)25-34-26-48-37-19-13-12-18-36(34)37/h6-23,26,30,38-41,48H,24-25,27-29H2,1-5H3,(H,49,55)(H,50,53)(H,51,58)(H,52,54)(H,56,57)/t38-,39-,40-,41+/m0/s1. The lowest BCUT2D eigenvalue weighted by molar-refractivity contribution is -0.143. The maximum atomic E-state index is 14.3. The maximum absolute atomic E-state index is 14.3. The lowest BCUT2D eigenvalue weighted by Crippen LogP contribution is -2.60. The average Bonchev–Trinajstić information content (AvgIpc) is 3.63. The van der Waals surface area contributed by atoms with Crippen LogP contribution in [0.4, 0.5) is 4.79 Å². The van der Waals surface area contributed by atoms with Crippen molar-refractivity contribution in [3.63, 3.8) is 0 Å². The molecule has 1 aromatic heterocycles. The molecule has 5 rings (SSSR count). The van der Waals surface area contributed by atoms with Gasteiger partial charge in [-0.15, -0.1) is 0 Å². The third-order valence-corrected chi connectivity index (χ3v) is 9.61. The average molecular weight is 834 g/mol. The minimum Gasteiger partial charge on any atom is -0.489 e. The van der Waals surface area contributed by atoms with Gasteiger partial charge in [0.15, 0.2) is 0 Å². The summed E-state index contributed by atoms with van der Waals surface area (Å²) < 4.78 is 17.4. The lowest BCUT2D eigenvalue weighted by Gasteiger charge is -2.27. The zero-order valence-electron chi connectivity index (χ0n) is 35.1. The summed E-state index contributed by atoms with van der Waals surface area (Å²) in [4.78, 5) is 70.9. The number of carbonyl (C=O) groups is 5. The van der Waals surface area contributed by atoms with Crippen molar-refractivity contribution in [1.29, 1.82) is 0 Å². The van der Waals surface area contributed by atoms with Crippen LogP contribution in [0.25, 0.3) is 10.9 Å². The highest BCUT2D eigenvalue weighted by Gasteiger charge is 2.33. The molecule has 14 nitrogen and oxygen atoms in total. The quantitative estimate of drug-likeness (QED) is 0.0559. The summed E-state index contributed by atoms with van der Waals surface area (Å²) in [5.74, 6) is -3.33. The molecule has 0 bridgehead atoms. The number of hydrogen-bond acceptors (Lipinski definition) is 8. The number of carboxylic acids is 1. The van der Waals surface area contributed by atoms with Crippen molar-refractivity contribution in [2.24, 2.45) is 5.92 Å². The van der Waals surface area contributed by atoms with Crippen LogP contribution in [0.2, 0.25) is 0 Å². The van der Waals surface area contributed by atoms with Crippen LogP contribution in [0.3, 0.4) is 0 Å². The van der Waals surface area contributed by atoms with Gasteiger partial charge in [-0.05, 0) is 67.1 Å². The molecule has 14 heteroatoms. The summed E-state index contributed by atoms with van der Waals surface area (Å²) in [6.45, 7) is 8.56. The van der Waals surface area contributed by atoms with Crippen LogP contribution in [0.15, 0.2) is 115 Å². The molecule has 0 fully saturated rings. The van der Waals surface area contributed by atoms with E-state index in [9.17, 15) is 29.1 Å². The molecule has 0 radical (unpaired) electrons. The van der Waals surface area contributed by atoms with Crippen molar-refractivity contribution in [3.05, 3.63) is 138 Å². The van der Waals surface area contributed by atoms with Crippen LogP contribution in [-0.2, 0) is 54.7 Å². The highest BCUT2D eigenvalue weighted by Crippen LogP contribution is 2.20. The Morgan fingerprint density at radius 2 is 1.20 bits per heavy atom. The molecule has 61 heavy (non-hydrogen) atoms. The summed E-state index contributed by atoms with van der Waals surface area (Å²) >= 11 is 0. The van der Waals surface area contributed by atoms with E-state index in [4.69, 9.17) is 14.2 Å². The van der Waals surface area contributed by atoms with Gasteiger partial charge in [0, 0.05) is 29.9 Å². The number of nitrogens with one attached hydrogen (secondary N) is 5. The van der Waals surface area contributed by atoms with Crippen molar-refractivity contribution < 1.29 is 43.3 Å². The number of aromatic nitrogens is 1. The number of alkyl carbamates (subject to hydrolysis) is 1. The third kappa shape index (κ3) is 14.2. The molecule has 0 aliphatic carbocycles. The zero-order chi connectivity index (χ0) is 43.9. The third-order valence-electron chi connectivity index (χ3n) is 9.61. The predicted octanol–water partition coefficient (Wildman–Crippen LogP) is 5.84. The highest BCUT2D eigenvalue weighted by molar-refractivity contribution is 5.95. The Bertz CT molecular complexity index is 2220. The largest absolute Gasteiger partial charge is 0.489 e. The van der Waals surface area contributed by atoms with Gasteiger partial charge in [0.1, 0.15) is 42.1 Å². The van der Waals surface area contributed by atoms with E-state index in [-0.39, 0.29) is 26.1 Å². The number of H-pyrrole nitrogens is 1. The number of carboxylic acid groups (broad SMARTS) is 1. The first-order valence-electron chi connectivity index (χ1n) is 20.2. The van der Waals surface area contributed by atoms with Gasteiger partial charge < -0.3 is 45.6 Å². The number of rotatable bonds is 20. The van der Waals surface area contributed by atoms with Gasteiger partial charge in [-0.25, -0.2) is 9.59 Å². The fourth-order valence-corrected chi connectivity index (χ4v) is 6.45. The SMILES string of the molecule is CC(C)[C@@H](NC(=O)[C@H](Cc1ccc(OCc2ccccc2)cc1)NC(=O)[C@H](COCc1ccccc1)NC(=O)[C@H](Cc1c[nH]c2ccccc12)NC(=O)OC(C)(C)C)C(=O)O. The molecule has 6 N–H and O–H groups in total. The van der Waals surface area contributed by atoms with Crippen LogP contribution in [0.5, 0.6) is 5.75 Å². The number of para-hydroxylation sites is 1. The molecule has 0 saturated carbocycles. The molecule has 4 amide bonds. The second kappa shape index (κ2) is 21.5. The van der Waals surface area contributed by atoms with Crippen molar-refractivity contribution in [1.82, 2.24) is 26.3 Å². The maximum Gasteiger partial charge on any atom is 0.408 e. The Morgan fingerprint density at radius 1 is 0.639 bits per heavy atom. The number of aromatic amines is 1. The van der Waals surface area contributed by atoms with Crippen LogP contribution < -0.4 is 26.0 Å². The molecule has 4 aromatic carbocycles. The molecular formula is C47H55N5O9. The Morgan fingerprint density at radius 3 is 1.82 bits per heavy atom. The molecule has 0 saturated heterocycles. The van der Waals surface area contributed by atoms with E-state index in [1.54, 1.807) is 65.1 Å². The molecular weight excluding hydrogens is 779 g/mol. The number of aliphatic carboxylic acids is 1.